The molecule has 1 aromatic rings. The normalized spacial score (nSPS) is 22.2. The molecule has 1 aromatic heterocycles. The van der Waals surface area contributed by atoms with E-state index in [4.69, 9.17) is 0 Å². The number of rotatable bonds is 2. The molecule has 3 nitrogen and oxygen atoms in total. The Labute approximate surface area is 80.9 Å². The third kappa shape index (κ3) is 2.28. The van der Waals surface area contributed by atoms with Gasteiger partial charge in [-0.2, -0.15) is 5.10 Å². The van der Waals surface area contributed by atoms with Crippen molar-refractivity contribution in [2.75, 3.05) is 0 Å². The highest BCUT2D eigenvalue weighted by Gasteiger charge is 2.23. The predicted molar refractivity (Wildman–Crippen MR) is 50.5 cm³/mol. The molecule has 0 aromatic carbocycles. The summed E-state index contributed by atoms with van der Waals surface area (Å²) in [6.07, 6.45) is 4.07. The Bertz CT molecular complexity index is 302. The molecule has 0 radical (unpaired) electrons. The SMILES string of the molecule is O=C1CCC(Sc2cccnn2)C1. The lowest BCUT2D eigenvalue weighted by atomic mass is 10.4. The number of thioether (sulfide) groups is 1. The van der Waals surface area contributed by atoms with Gasteiger partial charge < -0.3 is 0 Å². The Morgan fingerprint density at radius 1 is 1.54 bits per heavy atom. The fraction of sp³-hybridized carbons (Fsp3) is 0.444. The van der Waals surface area contributed by atoms with Crippen molar-refractivity contribution in [1.82, 2.24) is 10.2 Å². The van der Waals surface area contributed by atoms with Gasteiger partial charge >= 0.3 is 0 Å². The van der Waals surface area contributed by atoms with E-state index in [2.05, 4.69) is 10.2 Å². The van der Waals surface area contributed by atoms with Crippen molar-refractivity contribution in [2.45, 2.75) is 29.5 Å². The molecule has 0 bridgehead atoms. The molecule has 1 heterocycles. The summed E-state index contributed by atoms with van der Waals surface area (Å²) < 4.78 is 0. The summed E-state index contributed by atoms with van der Waals surface area (Å²) in [6.45, 7) is 0. The van der Waals surface area contributed by atoms with E-state index in [0.29, 0.717) is 17.5 Å². The van der Waals surface area contributed by atoms with Crippen molar-refractivity contribution in [1.29, 1.82) is 0 Å². The van der Waals surface area contributed by atoms with E-state index >= 15 is 0 Å². The van der Waals surface area contributed by atoms with Gasteiger partial charge in [-0.1, -0.05) is 0 Å². The van der Waals surface area contributed by atoms with Crippen molar-refractivity contribution in [3.8, 4) is 0 Å². The summed E-state index contributed by atoms with van der Waals surface area (Å²) >= 11 is 1.66. The molecule has 13 heavy (non-hydrogen) atoms. The number of aromatic nitrogens is 2. The Kier molecular flexibility index (Phi) is 2.59. The summed E-state index contributed by atoms with van der Waals surface area (Å²) in [4.78, 5) is 11.0. The second-order valence-electron chi connectivity index (χ2n) is 3.08. The lowest BCUT2D eigenvalue weighted by Crippen LogP contribution is -1.97. The van der Waals surface area contributed by atoms with E-state index in [1.54, 1.807) is 18.0 Å². The van der Waals surface area contributed by atoms with Gasteiger partial charge in [0, 0.05) is 24.3 Å². The molecule has 0 spiro atoms. The number of hydrogen-bond acceptors (Lipinski definition) is 4. The van der Waals surface area contributed by atoms with Crippen molar-refractivity contribution < 1.29 is 4.79 Å². The Morgan fingerprint density at radius 3 is 3.08 bits per heavy atom. The fourth-order valence-electron chi connectivity index (χ4n) is 1.40. The van der Waals surface area contributed by atoms with Crippen LogP contribution in [0.1, 0.15) is 19.3 Å². The van der Waals surface area contributed by atoms with Crippen LogP contribution in [0.25, 0.3) is 0 Å². The smallest absolute Gasteiger partial charge is 0.134 e. The van der Waals surface area contributed by atoms with Gasteiger partial charge in [-0.05, 0) is 18.6 Å². The molecule has 1 saturated carbocycles. The number of ketones is 1. The second kappa shape index (κ2) is 3.87. The molecule has 0 N–H and O–H groups in total. The highest BCUT2D eigenvalue weighted by atomic mass is 32.2. The van der Waals surface area contributed by atoms with Gasteiger partial charge in [0.25, 0.3) is 0 Å². The van der Waals surface area contributed by atoms with Crippen LogP contribution in [0.15, 0.2) is 23.4 Å². The first kappa shape index (κ1) is 8.69. The zero-order valence-corrected chi connectivity index (χ0v) is 7.96. The van der Waals surface area contributed by atoms with Crippen molar-refractivity contribution in [2.24, 2.45) is 0 Å². The maximum Gasteiger partial charge on any atom is 0.134 e. The third-order valence-electron chi connectivity index (χ3n) is 2.04. The average Bonchev–Trinajstić information content (AvgIpc) is 2.53. The predicted octanol–water partition coefficient (Wildman–Crippen LogP) is 1.69. The van der Waals surface area contributed by atoms with Gasteiger partial charge in [0.05, 0.1) is 0 Å². The van der Waals surface area contributed by atoms with Gasteiger partial charge in [-0.15, -0.1) is 16.9 Å². The van der Waals surface area contributed by atoms with Crippen molar-refractivity contribution in [3.05, 3.63) is 18.3 Å². The minimum atomic E-state index is 0.376. The topological polar surface area (TPSA) is 42.9 Å². The largest absolute Gasteiger partial charge is 0.300 e. The first-order valence-corrected chi connectivity index (χ1v) is 5.18. The van der Waals surface area contributed by atoms with Crippen LogP contribution in [0, 0.1) is 0 Å². The summed E-state index contributed by atoms with van der Waals surface area (Å²) in [5.74, 6) is 0.376. The van der Waals surface area contributed by atoms with Gasteiger partial charge in [-0.25, -0.2) is 0 Å². The zero-order valence-electron chi connectivity index (χ0n) is 7.14. The molecule has 4 heteroatoms. The molecular weight excluding hydrogens is 184 g/mol. The van der Waals surface area contributed by atoms with Crippen molar-refractivity contribution >= 4 is 17.5 Å². The molecule has 1 atom stereocenters. The number of carbonyl (C=O) groups excluding carboxylic acids is 1. The van der Waals surface area contributed by atoms with Crippen LogP contribution < -0.4 is 0 Å². The highest BCUT2D eigenvalue weighted by Crippen LogP contribution is 2.31. The third-order valence-corrected chi connectivity index (χ3v) is 3.23. The molecule has 0 aliphatic heterocycles. The monoisotopic (exact) mass is 194 g/mol. The van der Waals surface area contributed by atoms with Crippen LogP contribution in [-0.4, -0.2) is 21.2 Å². The first-order valence-electron chi connectivity index (χ1n) is 4.30. The highest BCUT2D eigenvalue weighted by molar-refractivity contribution is 7.99. The maximum atomic E-state index is 11.0. The summed E-state index contributed by atoms with van der Waals surface area (Å²) in [5, 5.41) is 9.10. The quantitative estimate of drug-likeness (QED) is 0.718. The zero-order chi connectivity index (χ0) is 9.10. The van der Waals surface area contributed by atoms with E-state index in [1.807, 2.05) is 12.1 Å². The van der Waals surface area contributed by atoms with Gasteiger partial charge in [0.15, 0.2) is 0 Å². The van der Waals surface area contributed by atoms with Crippen LogP contribution in [0.5, 0.6) is 0 Å². The van der Waals surface area contributed by atoms with Crippen LogP contribution in [-0.2, 0) is 4.79 Å². The lowest BCUT2D eigenvalue weighted by Gasteiger charge is -2.04. The summed E-state index contributed by atoms with van der Waals surface area (Å²) in [7, 11) is 0. The van der Waals surface area contributed by atoms with Gasteiger partial charge in [0.2, 0.25) is 0 Å². The van der Waals surface area contributed by atoms with E-state index in [9.17, 15) is 4.79 Å². The van der Waals surface area contributed by atoms with Gasteiger partial charge in [-0.3, -0.25) is 4.79 Å². The van der Waals surface area contributed by atoms with Crippen LogP contribution >= 0.6 is 11.8 Å². The summed E-state index contributed by atoms with van der Waals surface area (Å²) in [6, 6.07) is 3.80. The van der Waals surface area contributed by atoms with Crippen LogP contribution in [0.4, 0.5) is 0 Å². The number of nitrogens with zero attached hydrogens (tertiary/aromatic N) is 2. The molecule has 0 amide bonds. The first-order chi connectivity index (χ1) is 6.34. The fourth-order valence-corrected chi connectivity index (χ4v) is 2.50. The molecule has 1 unspecified atom stereocenters. The van der Waals surface area contributed by atoms with E-state index < -0.39 is 0 Å². The van der Waals surface area contributed by atoms with E-state index in [-0.39, 0.29) is 0 Å². The molecule has 1 fully saturated rings. The minimum absolute atomic E-state index is 0.376. The average molecular weight is 194 g/mol. The molecular formula is C9H10N2OS. The maximum absolute atomic E-state index is 11.0. The van der Waals surface area contributed by atoms with Crippen LogP contribution in [0.3, 0.4) is 0 Å². The molecule has 0 saturated heterocycles. The van der Waals surface area contributed by atoms with Crippen molar-refractivity contribution in [3.63, 3.8) is 0 Å². The van der Waals surface area contributed by atoms with E-state index in [0.717, 1.165) is 17.9 Å². The summed E-state index contributed by atoms with van der Waals surface area (Å²) in [5.41, 5.74) is 0. The Hall–Kier alpha value is -0.900. The molecule has 1 aliphatic rings. The van der Waals surface area contributed by atoms with E-state index in [1.165, 1.54) is 0 Å². The number of carbonyl (C=O) groups is 1. The molecule has 2 rings (SSSR count). The molecule has 1 aliphatic carbocycles. The molecule has 68 valence electrons. The standard InChI is InChI=1S/C9H10N2OS/c12-7-3-4-8(6-7)13-9-2-1-5-10-11-9/h1-2,5,8H,3-4,6H2. The lowest BCUT2D eigenvalue weighted by molar-refractivity contribution is -0.117. The Balaban J connectivity index is 1.96. The second-order valence-corrected chi connectivity index (χ2v) is 4.40. The Morgan fingerprint density at radius 2 is 2.46 bits per heavy atom. The minimum Gasteiger partial charge on any atom is -0.300 e. The number of hydrogen-bond donors (Lipinski definition) is 0. The number of Topliss-reactive ketones (excluding diaryl/α,β-unsaturated/α-hetero) is 1. The van der Waals surface area contributed by atoms with Gasteiger partial charge in [0.1, 0.15) is 10.8 Å². The van der Waals surface area contributed by atoms with Crippen LogP contribution in [0.2, 0.25) is 0 Å².